The number of nitrogens with one attached hydrogen (secondary N) is 1. The molecule has 1 N–H and O–H groups in total. The molecule has 0 aromatic heterocycles. The summed E-state index contributed by atoms with van der Waals surface area (Å²) in [6, 6.07) is 2.48. The zero-order chi connectivity index (χ0) is 13.0. The van der Waals surface area contributed by atoms with Crippen LogP contribution >= 0.6 is 0 Å². The van der Waals surface area contributed by atoms with Gasteiger partial charge in [-0.3, -0.25) is 4.90 Å². The van der Waals surface area contributed by atoms with Crippen molar-refractivity contribution in [3.05, 3.63) is 0 Å². The smallest absolute Gasteiger partial charge is 0.00992 e. The van der Waals surface area contributed by atoms with E-state index in [4.69, 9.17) is 0 Å². The highest BCUT2D eigenvalue weighted by Crippen LogP contribution is 2.30. The topological polar surface area (TPSA) is 15.3 Å². The van der Waals surface area contributed by atoms with E-state index in [9.17, 15) is 0 Å². The Bertz CT molecular complexity index is 229. The van der Waals surface area contributed by atoms with Gasteiger partial charge in [-0.2, -0.15) is 0 Å². The fourth-order valence-electron chi connectivity index (χ4n) is 3.25. The monoisotopic (exact) mass is 252 g/mol. The van der Waals surface area contributed by atoms with Crippen molar-refractivity contribution in [1.29, 1.82) is 0 Å². The Morgan fingerprint density at radius 3 is 2.44 bits per heavy atom. The number of hydrogen-bond donors (Lipinski definition) is 1. The molecule has 0 amide bonds. The first-order chi connectivity index (χ1) is 8.66. The second-order valence-corrected chi connectivity index (χ2v) is 6.88. The normalized spacial score (nSPS) is 26.8. The first-order valence-electron chi connectivity index (χ1n) is 8.16. The molecule has 0 bridgehead atoms. The molecule has 1 heterocycles. The van der Waals surface area contributed by atoms with E-state index in [1.54, 1.807) is 0 Å². The molecule has 1 aliphatic heterocycles. The Hall–Kier alpha value is -0.0800. The maximum absolute atomic E-state index is 3.70. The predicted molar refractivity (Wildman–Crippen MR) is 78.9 cm³/mol. The van der Waals surface area contributed by atoms with Gasteiger partial charge in [0.15, 0.2) is 0 Å². The van der Waals surface area contributed by atoms with Crippen molar-refractivity contribution in [2.24, 2.45) is 5.92 Å². The van der Waals surface area contributed by atoms with E-state index in [0.717, 1.165) is 24.0 Å². The van der Waals surface area contributed by atoms with E-state index in [1.165, 1.54) is 58.0 Å². The lowest BCUT2D eigenvalue weighted by molar-refractivity contribution is 0.162. The van der Waals surface area contributed by atoms with Crippen LogP contribution in [0.25, 0.3) is 0 Å². The maximum atomic E-state index is 3.70. The number of nitrogens with zero attached hydrogens (tertiary/aromatic N) is 1. The summed E-state index contributed by atoms with van der Waals surface area (Å²) < 4.78 is 0. The van der Waals surface area contributed by atoms with Crippen LogP contribution in [0.2, 0.25) is 0 Å². The second-order valence-electron chi connectivity index (χ2n) is 6.88. The Morgan fingerprint density at radius 1 is 1.11 bits per heavy atom. The molecule has 0 aromatic rings. The summed E-state index contributed by atoms with van der Waals surface area (Å²) in [7, 11) is 0. The molecule has 1 aliphatic carbocycles. The lowest BCUT2D eigenvalue weighted by Gasteiger charge is -2.34. The molecule has 2 nitrogen and oxygen atoms in total. The van der Waals surface area contributed by atoms with E-state index in [2.05, 4.69) is 31.0 Å². The number of hydrogen-bond acceptors (Lipinski definition) is 2. The van der Waals surface area contributed by atoms with Gasteiger partial charge in [0.2, 0.25) is 0 Å². The molecule has 1 saturated heterocycles. The van der Waals surface area contributed by atoms with E-state index >= 15 is 0 Å². The molecule has 2 rings (SSSR count). The van der Waals surface area contributed by atoms with E-state index in [0.29, 0.717) is 0 Å². The summed E-state index contributed by atoms with van der Waals surface area (Å²) in [6.45, 7) is 9.70. The van der Waals surface area contributed by atoms with Gasteiger partial charge >= 0.3 is 0 Å². The summed E-state index contributed by atoms with van der Waals surface area (Å²) in [5.41, 5.74) is 0. The zero-order valence-corrected chi connectivity index (χ0v) is 12.6. The van der Waals surface area contributed by atoms with Crippen LogP contribution in [0.5, 0.6) is 0 Å². The largest absolute Gasteiger partial charge is 0.314 e. The van der Waals surface area contributed by atoms with E-state index in [1.807, 2.05) is 0 Å². The van der Waals surface area contributed by atoms with Crippen LogP contribution in [0.1, 0.15) is 65.7 Å². The molecule has 1 saturated carbocycles. The molecular formula is C16H32N2. The molecular weight excluding hydrogens is 220 g/mol. The molecule has 18 heavy (non-hydrogen) atoms. The number of piperidine rings is 1. The van der Waals surface area contributed by atoms with Crippen molar-refractivity contribution in [3.63, 3.8) is 0 Å². The molecule has 2 atom stereocenters. The van der Waals surface area contributed by atoms with Crippen molar-refractivity contribution in [3.8, 4) is 0 Å². The van der Waals surface area contributed by atoms with Gasteiger partial charge in [-0.1, -0.05) is 20.3 Å². The van der Waals surface area contributed by atoms with Gasteiger partial charge in [-0.15, -0.1) is 0 Å². The van der Waals surface area contributed by atoms with E-state index in [-0.39, 0.29) is 0 Å². The summed E-state index contributed by atoms with van der Waals surface area (Å²) in [5, 5.41) is 3.70. The van der Waals surface area contributed by atoms with Gasteiger partial charge in [-0.25, -0.2) is 0 Å². The highest BCUT2D eigenvalue weighted by molar-refractivity contribution is 4.89. The van der Waals surface area contributed by atoms with Crippen LogP contribution in [0.15, 0.2) is 0 Å². The van der Waals surface area contributed by atoms with Gasteiger partial charge in [0.25, 0.3) is 0 Å². The van der Waals surface area contributed by atoms with Crippen LogP contribution in [0, 0.1) is 5.92 Å². The van der Waals surface area contributed by atoms with E-state index < -0.39 is 0 Å². The molecule has 2 aliphatic rings. The first kappa shape index (κ1) is 14.3. The standard InChI is InChI=1S/C16H32N2/c1-13(2)9-11-18(16-7-8-16)14(3)12-15-6-4-5-10-17-15/h13-17H,4-12H2,1-3H3. The third-order valence-electron chi connectivity index (χ3n) is 4.58. The Morgan fingerprint density at radius 2 is 1.89 bits per heavy atom. The predicted octanol–water partition coefficient (Wildman–Crippen LogP) is 3.42. The molecule has 0 aromatic carbocycles. The van der Waals surface area contributed by atoms with Crippen molar-refractivity contribution in [1.82, 2.24) is 10.2 Å². The summed E-state index contributed by atoms with van der Waals surface area (Å²) >= 11 is 0. The second kappa shape index (κ2) is 6.91. The van der Waals surface area contributed by atoms with Crippen LogP contribution in [-0.2, 0) is 0 Å². The van der Waals surface area contributed by atoms with Gasteiger partial charge < -0.3 is 5.32 Å². The zero-order valence-electron chi connectivity index (χ0n) is 12.6. The first-order valence-corrected chi connectivity index (χ1v) is 8.16. The Kier molecular flexibility index (Phi) is 5.50. The Labute approximate surface area is 114 Å². The fraction of sp³-hybridized carbons (Fsp3) is 1.00. The Balaban J connectivity index is 1.77. The van der Waals surface area contributed by atoms with Gasteiger partial charge in [-0.05, 0) is 64.5 Å². The van der Waals surface area contributed by atoms with Crippen molar-refractivity contribution >= 4 is 0 Å². The van der Waals surface area contributed by atoms with Crippen LogP contribution in [0.3, 0.4) is 0 Å². The molecule has 106 valence electrons. The molecule has 0 spiro atoms. The molecule has 2 unspecified atom stereocenters. The van der Waals surface area contributed by atoms with Crippen molar-refractivity contribution in [2.75, 3.05) is 13.1 Å². The minimum Gasteiger partial charge on any atom is -0.314 e. The number of rotatable bonds is 7. The molecule has 0 radical (unpaired) electrons. The molecule has 2 heteroatoms. The van der Waals surface area contributed by atoms with Gasteiger partial charge in [0.1, 0.15) is 0 Å². The summed E-state index contributed by atoms with van der Waals surface area (Å²) in [4.78, 5) is 2.80. The lowest BCUT2D eigenvalue weighted by atomic mass is 9.97. The summed E-state index contributed by atoms with van der Waals surface area (Å²) in [6.07, 6.45) is 9.81. The third-order valence-corrected chi connectivity index (χ3v) is 4.58. The van der Waals surface area contributed by atoms with Gasteiger partial charge in [0.05, 0.1) is 0 Å². The average Bonchev–Trinajstić information content (AvgIpc) is 3.14. The highest BCUT2D eigenvalue weighted by atomic mass is 15.2. The third kappa shape index (κ3) is 4.55. The highest BCUT2D eigenvalue weighted by Gasteiger charge is 2.32. The summed E-state index contributed by atoms with van der Waals surface area (Å²) in [5.74, 6) is 0.839. The minimum absolute atomic E-state index is 0.770. The fourth-order valence-corrected chi connectivity index (χ4v) is 3.25. The van der Waals surface area contributed by atoms with Gasteiger partial charge in [0, 0.05) is 18.1 Å². The van der Waals surface area contributed by atoms with Crippen molar-refractivity contribution < 1.29 is 0 Å². The SMILES string of the molecule is CC(C)CCN(C(C)CC1CCCCN1)C1CC1. The minimum atomic E-state index is 0.770. The quantitative estimate of drug-likeness (QED) is 0.747. The van der Waals surface area contributed by atoms with Crippen LogP contribution in [0.4, 0.5) is 0 Å². The lowest BCUT2D eigenvalue weighted by Crippen LogP contribution is -2.43. The molecule has 2 fully saturated rings. The maximum Gasteiger partial charge on any atom is 0.00992 e. The van der Waals surface area contributed by atoms with Crippen LogP contribution in [-0.4, -0.2) is 36.1 Å². The van der Waals surface area contributed by atoms with Crippen LogP contribution < -0.4 is 5.32 Å². The van der Waals surface area contributed by atoms with Crippen molar-refractivity contribution in [2.45, 2.75) is 83.8 Å². The average molecular weight is 252 g/mol.